The Morgan fingerprint density at radius 3 is 2.04 bits per heavy atom. The lowest BCUT2D eigenvalue weighted by Crippen LogP contribution is -2.48. The zero-order valence-corrected chi connectivity index (χ0v) is 13.5. The van der Waals surface area contributed by atoms with Gasteiger partial charge in [0.25, 0.3) is 5.91 Å². The number of carbonyl (C=O) groups excluding carboxylic acids is 3. The Kier molecular flexibility index (Phi) is 4.93. The Bertz CT molecular complexity index is 607. The van der Waals surface area contributed by atoms with E-state index in [2.05, 4.69) is 9.88 Å². The van der Waals surface area contributed by atoms with Gasteiger partial charge in [-0.2, -0.15) is 0 Å². The van der Waals surface area contributed by atoms with E-state index < -0.39 is 0 Å². The van der Waals surface area contributed by atoms with E-state index in [0.29, 0.717) is 44.8 Å². The van der Waals surface area contributed by atoms with Crippen molar-refractivity contribution in [1.29, 1.82) is 0 Å². The first-order valence-electron chi connectivity index (χ1n) is 8.09. The molecule has 2 fully saturated rings. The Balaban J connectivity index is 1.66. The molecular weight excluding hydrogens is 310 g/mol. The molecule has 0 N–H and O–H groups in total. The zero-order chi connectivity index (χ0) is 16.9. The minimum absolute atomic E-state index is 0.0542. The van der Waals surface area contributed by atoms with E-state index in [4.69, 9.17) is 0 Å². The van der Waals surface area contributed by atoms with Gasteiger partial charge in [0.1, 0.15) is 0 Å². The Morgan fingerprint density at radius 1 is 0.875 bits per heavy atom. The predicted molar refractivity (Wildman–Crippen MR) is 87.6 cm³/mol. The molecule has 1 aromatic rings. The molecule has 3 heterocycles. The average molecular weight is 331 g/mol. The van der Waals surface area contributed by atoms with Gasteiger partial charge in [-0.15, -0.1) is 0 Å². The number of anilines is 1. The van der Waals surface area contributed by atoms with Gasteiger partial charge < -0.3 is 19.6 Å². The summed E-state index contributed by atoms with van der Waals surface area (Å²) < 4.78 is 0. The van der Waals surface area contributed by atoms with Crippen LogP contribution in [0.15, 0.2) is 18.5 Å². The molecule has 0 aliphatic carbocycles. The number of carbonyl (C=O) groups is 3. The molecule has 3 amide bonds. The van der Waals surface area contributed by atoms with Gasteiger partial charge in [-0.3, -0.25) is 19.4 Å². The number of piperazine rings is 2. The first-order chi connectivity index (χ1) is 11.7. The van der Waals surface area contributed by atoms with Crippen LogP contribution in [0.4, 0.5) is 5.69 Å². The quantitative estimate of drug-likeness (QED) is 0.680. The van der Waals surface area contributed by atoms with Crippen LogP contribution in [0, 0.1) is 0 Å². The molecule has 2 aliphatic rings. The minimum atomic E-state index is -0.0542. The topological polar surface area (TPSA) is 77.1 Å². The lowest BCUT2D eigenvalue weighted by atomic mass is 10.2. The summed E-state index contributed by atoms with van der Waals surface area (Å²) in [7, 11) is 0. The largest absolute Gasteiger partial charge is 0.367 e. The van der Waals surface area contributed by atoms with Crippen molar-refractivity contribution in [2.45, 2.75) is 0 Å². The number of hydrogen-bond donors (Lipinski definition) is 0. The van der Waals surface area contributed by atoms with Gasteiger partial charge in [-0.25, -0.2) is 0 Å². The van der Waals surface area contributed by atoms with E-state index in [1.807, 2.05) is 6.07 Å². The van der Waals surface area contributed by atoms with Gasteiger partial charge in [0, 0.05) is 58.6 Å². The van der Waals surface area contributed by atoms with Gasteiger partial charge >= 0.3 is 0 Å². The van der Waals surface area contributed by atoms with Gasteiger partial charge in [0.2, 0.25) is 12.8 Å². The van der Waals surface area contributed by atoms with E-state index in [0.717, 1.165) is 31.6 Å². The highest BCUT2D eigenvalue weighted by Crippen LogP contribution is 2.18. The van der Waals surface area contributed by atoms with Crippen LogP contribution in [0.3, 0.4) is 0 Å². The van der Waals surface area contributed by atoms with Crippen LogP contribution in [-0.4, -0.2) is 90.8 Å². The summed E-state index contributed by atoms with van der Waals surface area (Å²) in [6.07, 6.45) is 5.02. The van der Waals surface area contributed by atoms with Crippen LogP contribution in [-0.2, 0) is 9.59 Å². The van der Waals surface area contributed by atoms with Crippen molar-refractivity contribution in [2.24, 2.45) is 0 Å². The summed E-state index contributed by atoms with van der Waals surface area (Å²) in [6, 6.07) is 1.86. The predicted octanol–water partition coefficient (Wildman–Crippen LogP) is -0.726. The van der Waals surface area contributed by atoms with Crippen LogP contribution in [0.25, 0.3) is 0 Å². The molecule has 3 rings (SSSR count). The second-order valence-corrected chi connectivity index (χ2v) is 5.99. The zero-order valence-electron chi connectivity index (χ0n) is 13.5. The molecule has 2 saturated heterocycles. The number of aromatic nitrogens is 1. The third kappa shape index (κ3) is 3.47. The number of nitrogens with zero attached hydrogens (tertiary/aromatic N) is 5. The molecule has 2 aliphatic heterocycles. The van der Waals surface area contributed by atoms with Crippen molar-refractivity contribution in [1.82, 2.24) is 19.7 Å². The molecule has 24 heavy (non-hydrogen) atoms. The first-order valence-corrected chi connectivity index (χ1v) is 8.09. The smallest absolute Gasteiger partial charge is 0.255 e. The number of rotatable bonds is 4. The summed E-state index contributed by atoms with van der Waals surface area (Å²) in [5, 5.41) is 0. The molecule has 0 bridgehead atoms. The van der Waals surface area contributed by atoms with Crippen LogP contribution < -0.4 is 4.90 Å². The SMILES string of the molecule is O=CN1CCN(C(=O)c2cncc(N3CCN(C=O)CC3)c2)CC1. The summed E-state index contributed by atoms with van der Waals surface area (Å²) in [5.41, 5.74) is 1.46. The average Bonchev–Trinajstić information content (AvgIpc) is 2.67. The molecular formula is C16H21N5O3. The van der Waals surface area contributed by atoms with Crippen molar-refractivity contribution in [3.63, 3.8) is 0 Å². The van der Waals surface area contributed by atoms with Crippen LogP contribution in [0.2, 0.25) is 0 Å². The highest BCUT2D eigenvalue weighted by molar-refractivity contribution is 5.95. The van der Waals surface area contributed by atoms with E-state index in [1.54, 1.807) is 27.1 Å². The first kappa shape index (κ1) is 16.2. The van der Waals surface area contributed by atoms with E-state index in [9.17, 15) is 14.4 Å². The fourth-order valence-corrected chi connectivity index (χ4v) is 3.02. The normalized spacial score (nSPS) is 18.5. The molecule has 0 spiro atoms. The standard InChI is InChI=1S/C16H21N5O3/c22-12-18-1-5-20(6-2-18)15-9-14(10-17-11-15)16(24)21-7-3-19(13-23)4-8-21/h9-13H,1-8H2. The second kappa shape index (κ2) is 7.29. The third-order valence-corrected chi connectivity index (χ3v) is 4.55. The van der Waals surface area contributed by atoms with Crippen molar-refractivity contribution >= 4 is 24.4 Å². The van der Waals surface area contributed by atoms with Crippen molar-refractivity contribution in [3.05, 3.63) is 24.0 Å². The maximum Gasteiger partial charge on any atom is 0.255 e. The van der Waals surface area contributed by atoms with Crippen molar-refractivity contribution in [2.75, 3.05) is 57.3 Å². The monoisotopic (exact) mass is 331 g/mol. The summed E-state index contributed by atoms with van der Waals surface area (Å²) in [5.74, 6) is -0.0542. The molecule has 8 nitrogen and oxygen atoms in total. The molecule has 0 unspecified atom stereocenters. The Morgan fingerprint density at radius 2 is 1.46 bits per heavy atom. The molecule has 0 radical (unpaired) electrons. The van der Waals surface area contributed by atoms with Gasteiger partial charge in [-0.05, 0) is 6.07 Å². The van der Waals surface area contributed by atoms with E-state index in [1.165, 1.54) is 0 Å². The lowest BCUT2D eigenvalue weighted by Gasteiger charge is -2.34. The summed E-state index contributed by atoms with van der Waals surface area (Å²) in [4.78, 5) is 45.7. The molecule has 0 saturated carbocycles. The molecule has 0 aromatic carbocycles. The minimum Gasteiger partial charge on any atom is -0.367 e. The van der Waals surface area contributed by atoms with Crippen LogP contribution in [0.1, 0.15) is 10.4 Å². The molecule has 0 atom stereocenters. The Hall–Kier alpha value is -2.64. The molecule has 8 heteroatoms. The number of hydrogen-bond acceptors (Lipinski definition) is 5. The van der Waals surface area contributed by atoms with E-state index in [-0.39, 0.29) is 5.91 Å². The van der Waals surface area contributed by atoms with Gasteiger partial charge in [0.15, 0.2) is 0 Å². The molecule has 128 valence electrons. The number of pyridine rings is 1. The highest BCUT2D eigenvalue weighted by atomic mass is 16.2. The third-order valence-electron chi connectivity index (χ3n) is 4.55. The van der Waals surface area contributed by atoms with Crippen molar-refractivity contribution in [3.8, 4) is 0 Å². The fraction of sp³-hybridized carbons (Fsp3) is 0.500. The van der Waals surface area contributed by atoms with E-state index >= 15 is 0 Å². The number of amides is 3. The van der Waals surface area contributed by atoms with Crippen LogP contribution in [0.5, 0.6) is 0 Å². The summed E-state index contributed by atoms with van der Waals surface area (Å²) >= 11 is 0. The van der Waals surface area contributed by atoms with Gasteiger partial charge in [0.05, 0.1) is 17.4 Å². The summed E-state index contributed by atoms with van der Waals surface area (Å²) in [6.45, 7) is 5.03. The second-order valence-electron chi connectivity index (χ2n) is 5.99. The lowest BCUT2D eigenvalue weighted by molar-refractivity contribution is -0.119. The fourth-order valence-electron chi connectivity index (χ4n) is 3.02. The highest BCUT2D eigenvalue weighted by Gasteiger charge is 2.23. The van der Waals surface area contributed by atoms with Gasteiger partial charge in [-0.1, -0.05) is 0 Å². The molecule has 1 aromatic heterocycles. The van der Waals surface area contributed by atoms with Crippen LogP contribution >= 0.6 is 0 Å². The maximum absolute atomic E-state index is 12.6. The van der Waals surface area contributed by atoms with Crippen molar-refractivity contribution < 1.29 is 14.4 Å². The maximum atomic E-state index is 12.6. The Labute approximate surface area is 140 Å².